The standard InChI is InChI=1S/C24H25NO3/c1-13-18-19(14-9-5-6-10-15(14)23(13)27-3)21(24(26)28-4)20-16-11-7-8-12-17(16)25(2)22(18)20/h5-13,18-19,21,23H,1-4H3/t13-,18+,19-,21?,23+/m1/s1. The fourth-order valence-electron chi connectivity index (χ4n) is 5.96. The molecule has 0 bridgehead atoms. The smallest absolute Gasteiger partial charge is 0.313 e. The summed E-state index contributed by atoms with van der Waals surface area (Å²) in [5, 5.41) is 1.16. The molecule has 1 unspecified atom stereocenters. The number of fused-ring (bicyclic) bond motifs is 7. The number of hydrogen-bond acceptors (Lipinski definition) is 3. The summed E-state index contributed by atoms with van der Waals surface area (Å²) in [4.78, 5) is 13.1. The van der Waals surface area contributed by atoms with Gasteiger partial charge in [-0.3, -0.25) is 4.79 Å². The molecule has 3 aromatic rings. The van der Waals surface area contributed by atoms with Gasteiger partial charge in [0.1, 0.15) is 0 Å². The van der Waals surface area contributed by atoms with E-state index in [2.05, 4.69) is 61.0 Å². The molecule has 0 spiro atoms. The lowest BCUT2D eigenvalue weighted by Crippen LogP contribution is -2.32. The highest BCUT2D eigenvalue weighted by molar-refractivity contribution is 5.94. The van der Waals surface area contributed by atoms with Crippen LogP contribution in [-0.4, -0.2) is 24.8 Å². The Morgan fingerprint density at radius 1 is 0.964 bits per heavy atom. The van der Waals surface area contributed by atoms with Crippen LogP contribution < -0.4 is 0 Å². The zero-order valence-electron chi connectivity index (χ0n) is 16.7. The summed E-state index contributed by atoms with van der Waals surface area (Å²) in [6.45, 7) is 2.25. The topological polar surface area (TPSA) is 40.5 Å². The Hall–Kier alpha value is -2.59. The lowest BCUT2D eigenvalue weighted by atomic mass is 9.66. The predicted octanol–water partition coefficient (Wildman–Crippen LogP) is 4.65. The minimum Gasteiger partial charge on any atom is -0.469 e. The maximum absolute atomic E-state index is 13.1. The van der Waals surface area contributed by atoms with Crippen molar-refractivity contribution in [3.8, 4) is 0 Å². The first-order chi connectivity index (χ1) is 13.6. The number of esters is 1. The summed E-state index contributed by atoms with van der Waals surface area (Å²) in [7, 11) is 5.40. The first kappa shape index (κ1) is 17.5. The molecule has 5 rings (SSSR count). The van der Waals surface area contributed by atoms with Gasteiger partial charge in [-0.05, 0) is 28.7 Å². The first-order valence-corrected chi connectivity index (χ1v) is 9.86. The average molecular weight is 375 g/mol. The molecule has 5 atom stereocenters. The van der Waals surface area contributed by atoms with Gasteiger partial charge in [0, 0.05) is 42.6 Å². The van der Waals surface area contributed by atoms with E-state index < -0.39 is 0 Å². The van der Waals surface area contributed by atoms with Crippen LogP contribution >= 0.6 is 0 Å². The molecule has 0 saturated heterocycles. The number of benzene rings is 2. The number of carbonyl (C=O) groups excluding carboxylic acids is 1. The van der Waals surface area contributed by atoms with Gasteiger partial charge in [-0.15, -0.1) is 0 Å². The van der Waals surface area contributed by atoms with Crippen molar-refractivity contribution < 1.29 is 14.3 Å². The van der Waals surface area contributed by atoms with Crippen molar-refractivity contribution in [2.24, 2.45) is 13.0 Å². The summed E-state index contributed by atoms with van der Waals surface area (Å²) in [6.07, 6.45) is 0.0136. The molecule has 0 N–H and O–H groups in total. The third kappa shape index (κ3) is 2.07. The fraction of sp³-hybridized carbons (Fsp3) is 0.375. The fourth-order valence-corrected chi connectivity index (χ4v) is 5.96. The van der Waals surface area contributed by atoms with Crippen LogP contribution in [0.5, 0.6) is 0 Å². The minimum atomic E-state index is -0.294. The van der Waals surface area contributed by atoms with Crippen LogP contribution in [0.4, 0.5) is 0 Å². The number of para-hydroxylation sites is 1. The van der Waals surface area contributed by atoms with E-state index in [0.29, 0.717) is 0 Å². The number of aromatic nitrogens is 1. The van der Waals surface area contributed by atoms with Gasteiger partial charge in [-0.2, -0.15) is 0 Å². The van der Waals surface area contributed by atoms with Crippen LogP contribution in [0, 0.1) is 5.92 Å². The van der Waals surface area contributed by atoms with Crippen molar-refractivity contribution in [3.63, 3.8) is 0 Å². The number of hydrogen-bond donors (Lipinski definition) is 0. The summed E-state index contributed by atoms with van der Waals surface area (Å²) in [5.41, 5.74) is 5.97. The Labute approximate surface area is 165 Å². The number of carbonyl (C=O) groups is 1. The van der Waals surface area contributed by atoms with E-state index in [4.69, 9.17) is 9.47 Å². The maximum Gasteiger partial charge on any atom is 0.313 e. The van der Waals surface area contributed by atoms with E-state index in [1.54, 1.807) is 7.11 Å². The normalized spacial score (nSPS) is 27.9. The quantitative estimate of drug-likeness (QED) is 0.612. The minimum absolute atomic E-state index is 0.0136. The second-order valence-corrected chi connectivity index (χ2v) is 8.07. The molecule has 2 aromatic carbocycles. The second kappa shape index (κ2) is 6.21. The van der Waals surface area contributed by atoms with Crippen molar-refractivity contribution in [1.29, 1.82) is 0 Å². The van der Waals surface area contributed by atoms with E-state index in [-0.39, 0.29) is 35.7 Å². The van der Waals surface area contributed by atoms with Crippen molar-refractivity contribution in [1.82, 2.24) is 4.57 Å². The van der Waals surface area contributed by atoms with Gasteiger partial charge in [-0.25, -0.2) is 0 Å². The Bertz CT molecular complexity index is 1080. The zero-order valence-corrected chi connectivity index (χ0v) is 16.7. The molecule has 2 aliphatic rings. The summed E-state index contributed by atoms with van der Waals surface area (Å²) in [6, 6.07) is 16.8. The second-order valence-electron chi connectivity index (χ2n) is 8.07. The third-order valence-corrected chi connectivity index (χ3v) is 6.98. The highest BCUT2D eigenvalue weighted by Crippen LogP contribution is 2.63. The molecule has 0 saturated carbocycles. The van der Waals surface area contributed by atoms with E-state index in [0.717, 1.165) is 10.9 Å². The molecule has 28 heavy (non-hydrogen) atoms. The van der Waals surface area contributed by atoms with Crippen LogP contribution in [0.15, 0.2) is 48.5 Å². The lowest BCUT2D eigenvalue weighted by Gasteiger charge is -2.41. The molecular formula is C24H25NO3. The summed E-state index contributed by atoms with van der Waals surface area (Å²) < 4.78 is 13.6. The molecule has 2 aliphatic carbocycles. The number of rotatable bonds is 2. The number of ether oxygens (including phenoxy) is 2. The first-order valence-electron chi connectivity index (χ1n) is 9.86. The number of nitrogens with zero attached hydrogens (tertiary/aromatic N) is 1. The number of methoxy groups -OCH3 is 2. The molecule has 1 heterocycles. The Morgan fingerprint density at radius 3 is 2.36 bits per heavy atom. The molecular weight excluding hydrogens is 350 g/mol. The highest BCUT2D eigenvalue weighted by atomic mass is 16.5. The van der Waals surface area contributed by atoms with E-state index in [1.807, 2.05) is 6.07 Å². The molecule has 0 amide bonds. The maximum atomic E-state index is 13.1. The van der Waals surface area contributed by atoms with Gasteiger partial charge in [0.15, 0.2) is 0 Å². The number of aryl methyl sites for hydroxylation is 1. The Kier molecular flexibility index (Phi) is 3.88. The molecule has 1 aromatic heterocycles. The van der Waals surface area contributed by atoms with Gasteiger partial charge in [0.2, 0.25) is 0 Å². The molecule has 0 aliphatic heterocycles. The molecule has 4 heteroatoms. The highest BCUT2D eigenvalue weighted by Gasteiger charge is 2.55. The largest absolute Gasteiger partial charge is 0.469 e. The summed E-state index contributed by atoms with van der Waals surface area (Å²) >= 11 is 0. The lowest BCUT2D eigenvalue weighted by molar-refractivity contribution is -0.143. The van der Waals surface area contributed by atoms with Crippen LogP contribution in [0.1, 0.15) is 53.2 Å². The van der Waals surface area contributed by atoms with Crippen LogP contribution in [0.3, 0.4) is 0 Å². The van der Waals surface area contributed by atoms with Gasteiger partial charge in [-0.1, -0.05) is 49.4 Å². The molecule has 0 radical (unpaired) electrons. The molecule has 144 valence electrons. The van der Waals surface area contributed by atoms with Crippen LogP contribution in [0.2, 0.25) is 0 Å². The Morgan fingerprint density at radius 2 is 1.64 bits per heavy atom. The molecule has 0 fully saturated rings. The van der Waals surface area contributed by atoms with Gasteiger partial charge >= 0.3 is 5.97 Å². The van der Waals surface area contributed by atoms with Crippen molar-refractivity contribution in [2.75, 3.05) is 14.2 Å². The van der Waals surface area contributed by atoms with Crippen LogP contribution in [0.25, 0.3) is 10.9 Å². The van der Waals surface area contributed by atoms with Crippen molar-refractivity contribution >= 4 is 16.9 Å². The summed E-state index contributed by atoms with van der Waals surface area (Å²) in [5.74, 6) is 0.0870. The van der Waals surface area contributed by atoms with E-state index in [1.165, 1.54) is 29.4 Å². The average Bonchev–Trinajstić information content (AvgIpc) is 3.22. The van der Waals surface area contributed by atoms with Crippen molar-refractivity contribution in [3.05, 3.63) is 70.9 Å². The van der Waals surface area contributed by atoms with Crippen molar-refractivity contribution in [2.45, 2.75) is 30.8 Å². The predicted molar refractivity (Wildman–Crippen MR) is 109 cm³/mol. The SMILES string of the molecule is COC(=O)C1c2c(n(C)c3ccccc23)[C@H]2[C@@H](C)[C@H](OC)c3ccccc3[C@@H]12. The zero-order chi connectivity index (χ0) is 19.6. The van der Waals surface area contributed by atoms with Crippen LogP contribution in [-0.2, 0) is 21.3 Å². The van der Waals surface area contributed by atoms with Gasteiger partial charge < -0.3 is 14.0 Å². The van der Waals surface area contributed by atoms with Gasteiger partial charge in [0.05, 0.1) is 19.1 Å². The van der Waals surface area contributed by atoms with E-state index >= 15 is 0 Å². The monoisotopic (exact) mass is 375 g/mol. The Balaban J connectivity index is 1.85. The van der Waals surface area contributed by atoms with E-state index in [9.17, 15) is 4.79 Å². The molecule has 4 nitrogen and oxygen atoms in total. The van der Waals surface area contributed by atoms with Gasteiger partial charge in [0.25, 0.3) is 0 Å². The third-order valence-electron chi connectivity index (χ3n) is 6.98.